The van der Waals surface area contributed by atoms with Gasteiger partial charge in [0.05, 0.1) is 6.54 Å². The summed E-state index contributed by atoms with van der Waals surface area (Å²) in [6, 6.07) is 0. The van der Waals surface area contributed by atoms with Crippen LogP contribution < -0.4 is 0 Å². The third-order valence-electron chi connectivity index (χ3n) is 1.58. The first-order chi connectivity index (χ1) is 7.15. The van der Waals surface area contributed by atoms with Crippen molar-refractivity contribution in [2.75, 3.05) is 19.0 Å². The number of amides is 1. The molecule has 8 heteroatoms. The summed E-state index contributed by atoms with van der Waals surface area (Å²) < 4.78 is 27.8. The van der Waals surface area contributed by atoms with Crippen LogP contribution in [-0.4, -0.2) is 45.8 Å². The van der Waals surface area contributed by atoms with Crippen molar-refractivity contribution in [3.8, 4) is 0 Å². The van der Waals surface area contributed by atoms with Crippen molar-refractivity contribution in [3.63, 3.8) is 0 Å². The van der Waals surface area contributed by atoms with Crippen molar-refractivity contribution >= 4 is 29.0 Å². The van der Waals surface area contributed by atoms with E-state index >= 15 is 0 Å². The predicted molar refractivity (Wildman–Crippen MR) is 52.5 cm³/mol. The van der Waals surface area contributed by atoms with Gasteiger partial charge < -0.3 is 4.90 Å². The normalized spacial score (nSPS) is 10.7. The van der Waals surface area contributed by atoms with Gasteiger partial charge in [-0.15, -0.1) is 16.7 Å². The Morgan fingerprint density at radius 1 is 1.67 bits per heavy atom. The second-order valence-corrected chi connectivity index (χ2v) is 3.61. The van der Waals surface area contributed by atoms with Gasteiger partial charge in [0, 0.05) is 17.8 Å². The molecule has 0 aliphatic carbocycles. The fourth-order valence-corrected chi connectivity index (χ4v) is 1.60. The fourth-order valence-electron chi connectivity index (χ4n) is 0.964. The van der Waals surface area contributed by atoms with Gasteiger partial charge in [-0.1, -0.05) is 4.49 Å². The van der Waals surface area contributed by atoms with Crippen LogP contribution in [0.25, 0.3) is 0 Å². The lowest BCUT2D eigenvalue weighted by molar-refractivity contribution is 0.0566. The molecule has 0 fully saturated rings. The first-order valence-electron chi connectivity index (χ1n) is 4.05. The molecule has 0 unspecified atom stereocenters. The maximum absolute atomic E-state index is 12.1. The number of aromatic nitrogens is 2. The van der Waals surface area contributed by atoms with E-state index in [1.807, 2.05) is 0 Å². The highest BCUT2D eigenvalue weighted by atomic mass is 35.5. The lowest BCUT2D eigenvalue weighted by Crippen LogP contribution is -2.36. The number of rotatable bonds is 5. The first kappa shape index (κ1) is 12.3. The number of halogens is 3. The van der Waals surface area contributed by atoms with Crippen LogP contribution in [0.1, 0.15) is 10.5 Å². The summed E-state index contributed by atoms with van der Waals surface area (Å²) in [5.41, 5.74) is 0.0748. The summed E-state index contributed by atoms with van der Waals surface area (Å²) in [6.07, 6.45) is -2.58. The van der Waals surface area contributed by atoms with Crippen molar-refractivity contribution < 1.29 is 13.6 Å². The van der Waals surface area contributed by atoms with Gasteiger partial charge in [-0.05, 0) is 11.5 Å². The van der Waals surface area contributed by atoms with Crippen LogP contribution in [0.2, 0.25) is 0 Å². The topological polar surface area (TPSA) is 46.1 Å². The summed E-state index contributed by atoms with van der Waals surface area (Å²) in [7, 11) is 0. The third kappa shape index (κ3) is 3.67. The largest absolute Gasteiger partial charge is 0.330 e. The maximum Gasteiger partial charge on any atom is 0.275 e. The molecule has 0 radical (unpaired) electrons. The summed E-state index contributed by atoms with van der Waals surface area (Å²) in [6.45, 7) is -0.564. The van der Waals surface area contributed by atoms with Crippen LogP contribution in [0.4, 0.5) is 8.78 Å². The quantitative estimate of drug-likeness (QED) is 0.749. The van der Waals surface area contributed by atoms with Crippen molar-refractivity contribution in [1.29, 1.82) is 0 Å². The summed E-state index contributed by atoms with van der Waals surface area (Å²) in [4.78, 5) is 12.5. The third-order valence-corrected chi connectivity index (χ3v) is 2.25. The van der Waals surface area contributed by atoms with Gasteiger partial charge in [-0.2, -0.15) is 0 Å². The Morgan fingerprint density at radius 2 is 2.40 bits per heavy atom. The molecular weight excluding hydrogens is 248 g/mol. The minimum Gasteiger partial charge on any atom is -0.330 e. The van der Waals surface area contributed by atoms with Crippen LogP contribution in [0.5, 0.6) is 0 Å². The minimum absolute atomic E-state index is 0.0717. The van der Waals surface area contributed by atoms with E-state index in [0.717, 1.165) is 16.4 Å². The molecule has 0 spiro atoms. The van der Waals surface area contributed by atoms with Gasteiger partial charge in [0.2, 0.25) is 0 Å². The minimum atomic E-state index is -2.58. The zero-order valence-electron chi connectivity index (χ0n) is 7.57. The summed E-state index contributed by atoms with van der Waals surface area (Å²) >= 11 is 6.41. The molecule has 1 heterocycles. The number of nitrogens with zero attached hydrogens (tertiary/aromatic N) is 3. The zero-order chi connectivity index (χ0) is 11.3. The predicted octanol–water partition coefficient (Wildman–Crippen LogP) is 1.48. The lowest BCUT2D eigenvalue weighted by atomic mass is 10.4. The van der Waals surface area contributed by atoms with Crippen LogP contribution in [0, 0.1) is 0 Å². The number of carbonyl (C=O) groups excluding carboxylic acids is 1. The molecule has 1 aromatic rings. The second-order valence-electron chi connectivity index (χ2n) is 2.62. The molecule has 0 saturated heterocycles. The van der Waals surface area contributed by atoms with Gasteiger partial charge in [-0.25, -0.2) is 8.78 Å². The molecule has 0 saturated carbocycles. The van der Waals surface area contributed by atoms with E-state index in [1.165, 1.54) is 5.38 Å². The first-order valence-corrected chi connectivity index (χ1v) is 5.42. The fraction of sp³-hybridized carbons (Fsp3) is 0.571. The van der Waals surface area contributed by atoms with E-state index in [1.54, 1.807) is 0 Å². The van der Waals surface area contributed by atoms with Gasteiger partial charge in [0.1, 0.15) is 0 Å². The SMILES string of the molecule is O=C(c1csnn1)N(CCCl)CC(F)F. The molecule has 15 heavy (non-hydrogen) atoms. The molecule has 0 atom stereocenters. The lowest BCUT2D eigenvalue weighted by Gasteiger charge is -2.19. The average Bonchev–Trinajstić information content (AvgIpc) is 2.68. The monoisotopic (exact) mass is 255 g/mol. The van der Waals surface area contributed by atoms with Crippen molar-refractivity contribution in [2.24, 2.45) is 0 Å². The Bertz CT molecular complexity index is 309. The Labute approximate surface area is 94.0 Å². The van der Waals surface area contributed by atoms with Crippen molar-refractivity contribution in [1.82, 2.24) is 14.5 Å². The van der Waals surface area contributed by atoms with Gasteiger partial charge in [-0.3, -0.25) is 4.79 Å². The smallest absolute Gasteiger partial charge is 0.275 e. The second kappa shape index (κ2) is 5.92. The number of alkyl halides is 3. The van der Waals surface area contributed by atoms with E-state index in [2.05, 4.69) is 9.59 Å². The molecule has 0 aromatic carbocycles. The molecule has 84 valence electrons. The van der Waals surface area contributed by atoms with Crippen molar-refractivity contribution in [2.45, 2.75) is 6.43 Å². The highest BCUT2D eigenvalue weighted by Gasteiger charge is 2.20. The average molecular weight is 256 g/mol. The molecule has 0 N–H and O–H groups in total. The highest BCUT2D eigenvalue weighted by Crippen LogP contribution is 2.06. The van der Waals surface area contributed by atoms with E-state index < -0.39 is 18.9 Å². The maximum atomic E-state index is 12.1. The molecule has 1 aromatic heterocycles. The number of carbonyl (C=O) groups is 1. The summed E-state index contributed by atoms with van der Waals surface area (Å²) in [5, 5.41) is 4.93. The van der Waals surface area contributed by atoms with E-state index in [-0.39, 0.29) is 18.1 Å². The van der Waals surface area contributed by atoms with E-state index in [0.29, 0.717) is 0 Å². The van der Waals surface area contributed by atoms with E-state index in [9.17, 15) is 13.6 Å². The Hall–Kier alpha value is -0.820. The highest BCUT2D eigenvalue weighted by molar-refractivity contribution is 7.03. The van der Waals surface area contributed by atoms with Crippen LogP contribution in [0.3, 0.4) is 0 Å². The molecular formula is C7H8ClF2N3OS. The number of hydrogen-bond acceptors (Lipinski definition) is 4. The van der Waals surface area contributed by atoms with Gasteiger partial charge >= 0.3 is 0 Å². The zero-order valence-corrected chi connectivity index (χ0v) is 9.14. The van der Waals surface area contributed by atoms with Crippen molar-refractivity contribution in [3.05, 3.63) is 11.1 Å². The molecule has 1 rings (SSSR count). The van der Waals surface area contributed by atoms with Gasteiger partial charge in [0.25, 0.3) is 12.3 Å². The van der Waals surface area contributed by atoms with Crippen LogP contribution in [-0.2, 0) is 0 Å². The molecule has 0 bridgehead atoms. The molecule has 4 nitrogen and oxygen atoms in total. The molecule has 0 aliphatic heterocycles. The Morgan fingerprint density at radius 3 is 2.87 bits per heavy atom. The standard InChI is InChI=1S/C7H8ClF2N3OS/c8-1-2-13(3-6(9)10)7(14)5-4-15-12-11-5/h4,6H,1-3H2. The van der Waals surface area contributed by atoms with Crippen LogP contribution in [0.15, 0.2) is 5.38 Å². The summed E-state index contributed by atoms with van der Waals surface area (Å²) in [5.74, 6) is -0.458. The molecule has 1 amide bonds. The number of hydrogen-bond donors (Lipinski definition) is 0. The Kier molecular flexibility index (Phi) is 4.83. The Balaban J connectivity index is 2.67. The molecule has 0 aliphatic rings. The van der Waals surface area contributed by atoms with E-state index in [4.69, 9.17) is 11.6 Å². The van der Waals surface area contributed by atoms with Gasteiger partial charge in [0.15, 0.2) is 5.69 Å². The van der Waals surface area contributed by atoms with Crippen LogP contribution >= 0.6 is 23.1 Å².